The lowest BCUT2D eigenvalue weighted by Gasteiger charge is -2.56. The molecule has 4 aliphatic carbocycles. The average Bonchev–Trinajstić information content (AvgIpc) is 3.27. The molecule has 1 aromatic carbocycles. The predicted octanol–water partition coefficient (Wildman–Crippen LogP) is 7.62. The number of aromatic nitrogens is 5. The fourth-order valence-electron chi connectivity index (χ4n) is 7.91. The van der Waals surface area contributed by atoms with E-state index in [1.807, 2.05) is 0 Å². The standard InChI is InChI=1S/C30H28F5N5O/c1-15-25-21(26(31)32)10-23(29-12-16-7-17(13-29)9-18(8-16)14-29)37-27(25)40(39-15)28-36-22(11-24(38-28)30(33,34)35)19-3-5-20(41-2)6-4-19/h3-6,10-11,16-18,26H,7-9,12-14H2,1-2H3. The van der Waals surface area contributed by atoms with E-state index in [2.05, 4.69) is 15.1 Å². The molecule has 41 heavy (non-hydrogen) atoms. The Morgan fingerprint density at radius 3 is 2.12 bits per heavy atom. The van der Waals surface area contributed by atoms with Crippen LogP contribution in [-0.4, -0.2) is 31.8 Å². The minimum Gasteiger partial charge on any atom is -0.497 e. The van der Waals surface area contributed by atoms with Gasteiger partial charge in [-0.15, -0.1) is 0 Å². The van der Waals surface area contributed by atoms with Gasteiger partial charge in [0.25, 0.3) is 12.4 Å². The Labute approximate surface area is 233 Å². The van der Waals surface area contributed by atoms with Crippen LogP contribution in [0.25, 0.3) is 28.2 Å². The first-order valence-electron chi connectivity index (χ1n) is 13.8. The number of ether oxygens (including phenoxy) is 1. The van der Waals surface area contributed by atoms with Crippen LogP contribution in [0.15, 0.2) is 36.4 Å². The highest BCUT2D eigenvalue weighted by Gasteiger charge is 2.52. The molecule has 0 spiro atoms. The maximum absolute atomic E-state index is 14.6. The fraction of sp³-hybridized carbons (Fsp3) is 0.467. The van der Waals surface area contributed by atoms with E-state index in [-0.39, 0.29) is 39.3 Å². The monoisotopic (exact) mass is 569 g/mol. The Morgan fingerprint density at radius 1 is 0.927 bits per heavy atom. The first kappa shape index (κ1) is 26.3. The summed E-state index contributed by atoms with van der Waals surface area (Å²) in [5, 5.41) is 4.51. The fourth-order valence-corrected chi connectivity index (χ4v) is 7.91. The van der Waals surface area contributed by atoms with Gasteiger partial charge in [-0.25, -0.2) is 23.7 Å². The molecule has 0 saturated heterocycles. The highest BCUT2D eigenvalue weighted by Crippen LogP contribution is 2.60. The molecule has 0 atom stereocenters. The molecule has 214 valence electrons. The number of halogens is 5. The number of alkyl halides is 5. The van der Waals surface area contributed by atoms with Gasteiger partial charge in [-0.1, -0.05) is 0 Å². The second-order valence-electron chi connectivity index (χ2n) is 12.0. The Kier molecular flexibility index (Phi) is 5.89. The van der Waals surface area contributed by atoms with Crippen molar-refractivity contribution >= 4 is 11.0 Å². The van der Waals surface area contributed by atoms with Gasteiger partial charge < -0.3 is 4.74 Å². The van der Waals surface area contributed by atoms with Crippen molar-refractivity contribution in [2.24, 2.45) is 17.8 Å². The molecule has 8 rings (SSSR count). The van der Waals surface area contributed by atoms with Crippen LogP contribution in [-0.2, 0) is 11.6 Å². The number of aryl methyl sites for hydroxylation is 1. The third-order valence-electron chi connectivity index (χ3n) is 9.24. The Morgan fingerprint density at radius 2 is 1.56 bits per heavy atom. The number of nitrogens with zero attached hydrogens (tertiary/aromatic N) is 5. The molecule has 0 unspecified atom stereocenters. The summed E-state index contributed by atoms with van der Waals surface area (Å²) in [5.74, 6) is 1.82. The molecule has 4 fully saturated rings. The summed E-state index contributed by atoms with van der Waals surface area (Å²) in [7, 11) is 1.49. The zero-order chi connectivity index (χ0) is 28.7. The molecule has 4 bridgehead atoms. The van der Waals surface area contributed by atoms with Crippen LogP contribution in [0.1, 0.15) is 67.6 Å². The third-order valence-corrected chi connectivity index (χ3v) is 9.24. The minimum absolute atomic E-state index is 0.0117. The van der Waals surface area contributed by atoms with Gasteiger partial charge in [-0.05, 0) is 99.6 Å². The quantitative estimate of drug-likeness (QED) is 0.231. The largest absolute Gasteiger partial charge is 0.497 e. The number of hydrogen-bond acceptors (Lipinski definition) is 5. The van der Waals surface area contributed by atoms with Gasteiger partial charge in [0, 0.05) is 22.2 Å². The minimum atomic E-state index is -4.77. The van der Waals surface area contributed by atoms with E-state index in [4.69, 9.17) is 9.72 Å². The van der Waals surface area contributed by atoms with Crippen molar-refractivity contribution in [2.75, 3.05) is 7.11 Å². The highest BCUT2D eigenvalue weighted by molar-refractivity contribution is 5.84. The van der Waals surface area contributed by atoms with Crippen LogP contribution in [0, 0.1) is 24.7 Å². The predicted molar refractivity (Wildman–Crippen MR) is 141 cm³/mol. The SMILES string of the molecule is COc1ccc(-c2cc(C(F)(F)F)nc(-n3nc(C)c4c(C(F)F)cc(C56CC7CC(CC(C7)C5)C6)nc43)n2)cc1. The molecule has 6 nitrogen and oxygen atoms in total. The normalized spacial score (nSPS) is 25.4. The van der Waals surface area contributed by atoms with Crippen LogP contribution in [0.4, 0.5) is 22.0 Å². The van der Waals surface area contributed by atoms with Crippen molar-refractivity contribution in [3.8, 4) is 23.0 Å². The maximum atomic E-state index is 14.6. The van der Waals surface area contributed by atoms with Gasteiger partial charge in [-0.2, -0.15) is 23.0 Å². The Hall–Kier alpha value is -3.63. The van der Waals surface area contributed by atoms with Crippen molar-refractivity contribution in [1.29, 1.82) is 0 Å². The Balaban J connectivity index is 1.43. The van der Waals surface area contributed by atoms with Crippen LogP contribution in [0.5, 0.6) is 5.75 Å². The molecule has 0 aliphatic heterocycles. The summed E-state index contributed by atoms with van der Waals surface area (Å²) in [5.41, 5.74) is -0.381. The molecule has 4 aromatic rings. The highest BCUT2D eigenvalue weighted by atomic mass is 19.4. The molecule has 3 heterocycles. The van der Waals surface area contributed by atoms with Gasteiger partial charge in [0.15, 0.2) is 11.3 Å². The zero-order valence-corrected chi connectivity index (χ0v) is 22.6. The molecule has 4 aliphatic rings. The second kappa shape index (κ2) is 9.19. The van der Waals surface area contributed by atoms with E-state index in [1.54, 1.807) is 31.2 Å². The van der Waals surface area contributed by atoms with E-state index in [1.165, 1.54) is 32.4 Å². The van der Waals surface area contributed by atoms with E-state index < -0.39 is 18.3 Å². The third kappa shape index (κ3) is 4.35. The average molecular weight is 570 g/mol. The van der Waals surface area contributed by atoms with E-state index >= 15 is 0 Å². The van der Waals surface area contributed by atoms with Gasteiger partial charge in [-0.3, -0.25) is 0 Å². The van der Waals surface area contributed by atoms with Crippen LogP contribution >= 0.6 is 0 Å². The molecule has 11 heteroatoms. The molecular weight excluding hydrogens is 541 g/mol. The molecule has 0 radical (unpaired) electrons. The number of fused-ring (bicyclic) bond motifs is 1. The van der Waals surface area contributed by atoms with Crippen LogP contribution in [0.2, 0.25) is 0 Å². The lowest BCUT2D eigenvalue weighted by atomic mass is 9.48. The smallest absolute Gasteiger partial charge is 0.433 e. The summed E-state index contributed by atoms with van der Waals surface area (Å²) < 4.78 is 77.4. The van der Waals surface area contributed by atoms with E-state index in [0.29, 0.717) is 34.8 Å². The summed E-state index contributed by atoms with van der Waals surface area (Å²) >= 11 is 0. The van der Waals surface area contributed by atoms with Crippen molar-refractivity contribution in [2.45, 2.75) is 63.5 Å². The van der Waals surface area contributed by atoms with Crippen molar-refractivity contribution in [3.05, 3.63) is 59.0 Å². The topological polar surface area (TPSA) is 65.7 Å². The lowest BCUT2D eigenvalue weighted by molar-refractivity contribution is -0.141. The van der Waals surface area contributed by atoms with Gasteiger partial charge in [0.1, 0.15) is 5.75 Å². The molecule has 0 N–H and O–H groups in total. The summed E-state index contributed by atoms with van der Waals surface area (Å²) in [4.78, 5) is 13.1. The van der Waals surface area contributed by atoms with Gasteiger partial charge in [0.05, 0.1) is 23.9 Å². The van der Waals surface area contributed by atoms with Crippen LogP contribution < -0.4 is 4.74 Å². The molecule has 4 saturated carbocycles. The Bertz CT molecular complexity index is 1610. The van der Waals surface area contributed by atoms with E-state index in [9.17, 15) is 22.0 Å². The summed E-state index contributed by atoms with van der Waals surface area (Å²) in [6.45, 7) is 1.55. The number of rotatable bonds is 5. The van der Waals surface area contributed by atoms with Crippen molar-refractivity contribution < 1.29 is 26.7 Å². The zero-order valence-electron chi connectivity index (χ0n) is 22.6. The summed E-state index contributed by atoms with van der Waals surface area (Å²) in [6, 6.07) is 8.81. The number of benzene rings is 1. The van der Waals surface area contributed by atoms with Crippen molar-refractivity contribution in [1.82, 2.24) is 24.7 Å². The molecule has 3 aromatic heterocycles. The first-order valence-corrected chi connectivity index (χ1v) is 13.8. The van der Waals surface area contributed by atoms with Crippen LogP contribution in [0.3, 0.4) is 0 Å². The van der Waals surface area contributed by atoms with Gasteiger partial charge in [0.2, 0.25) is 0 Å². The number of hydrogen-bond donors (Lipinski definition) is 0. The molecular formula is C30H28F5N5O. The molecule has 0 amide bonds. The van der Waals surface area contributed by atoms with Gasteiger partial charge >= 0.3 is 6.18 Å². The van der Waals surface area contributed by atoms with E-state index in [0.717, 1.165) is 30.0 Å². The first-order chi connectivity index (χ1) is 19.5. The maximum Gasteiger partial charge on any atom is 0.433 e. The number of methoxy groups -OCH3 is 1. The lowest BCUT2D eigenvalue weighted by Crippen LogP contribution is -2.49. The van der Waals surface area contributed by atoms with Crippen molar-refractivity contribution in [3.63, 3.8) is 0 Å². The number of pyridine rings is 1. The summed E-state index contributed by atoms with van der Waals surface area (Å²) in [6.07, 6.45) is -1.37. The second-order valence-corrected chi connectivity index (χ2v) is 12.0.